The predicted octanol–water partition coefficient (Wildman–Crippen LogP) is -1.08. The molecule has 0 aliphatic carbocycles. The molecule has 0 saturated carbocycles. The van der Waals surface area contributed by atoms with Crippen molar-refractivity contribution in [1.82, 2.24) is 15.4 Å². The van der Waals surface area contributed by atoms with E-state index in [1.807, 2.05) is 0 Å². The number of H-pyrrole nitrogens is 1. The maximum atomic E-state index is 10.0. The number of thiol groups is 1. The van der Waals surface area contributed by atoms with Crippen molar-refractivity contribution in [2.45, 2.75) is 5.75 Å². The van der Waals surface area contributed by atoms with E-state index < -0.39 is 10.7 Å². The van der Waals surface area contributed by atoms with Gasteiger partial charge in [-0.15, -0.1) is 0 Å². The Hall–Kier alpha value is -0.910. The summed E-state index contributed by atoms with van der Waals surface area (Å²) < 4.78 is 20.0. The second-order valence-corrected chi connectivity index (χ2v) is 2.43. The first-order valence-electron chi connectivity index (χ1n) is 2.25. The van der Waals surface area contributed by atoms with Crippen LogP contribution in [0, 0.1) is 0 Å². The monoisotopic (exact) mass is 147 g/mol. The van der Waals surface area contributed by atoms with E-state index in [2.05, 4.69) is 15.4 Å². The molecule has 50 valence electrons. The highest BCUT2D eigenvalue weighted by molar-refractivity contribution is 7.71. The second kappa shape index (κ2) is 2.58. The molecule has 0 amide bonds. The topological polar surface area (TPSA) is 75.7 Å². The zero-order chi connectivity index (χ0) is 6.69. The molecule has 0 radical (unpaired) electrons. The van der Waals surface area contributed by atoms with Gasteiger partial charge in [0.05, 0.1) is 17.6 Å². The van der Waals surface area contributed by atoms with Gasteiger partial charge in [0.15, 0.2) is 0 Å². The van der Waals surface area contributed by atoms with Crippen molar-refractivity contribution in [3.63, 3.8) is 0 Å². The van der Waals surface area contributed by atoms with E-state index in [0.29, 0.717) is 5.69 Å². The molecule has 0 spiro atoms. The predicted molar refractivity (Wildman–Crippen MR) is 30.4 cm³/mol. The number of hydrogen-bond acceptors (Lipinski definition) is 4. The zero-order valence-corrected chi connectivity index (χ0v) is 5.34. The van der Waals surface area contributed by atoms with E-state index in [-0.39, 0.29) is 5.75 Å². The van der Waals surface area contributed by atoms with Crippen molar-refractivity contribution in [1.29, 1.82) is 0 Å². The number of hydrogen-bond donors (Lipinski definition) is 2. The number of rotatable bonds is 2. The third-order valence-electron chi connectivity index (χ3n) is 0.756. The van der Waals surface area contributed by atoms with Crippen LogP contribution in [0.25, 0.3) is 0 Å². The van der Waals surface area contributed by atoms with Crippen LogP contribution in [0.3, 0.4) is 0 Å². The van der Waals surface area contributed by atoms with Gasteiger partial charge in [-0.05, 0) is 0 Å². The van der Waals surface area contributed by atoms with Crippen LogP contribution in [0.15, 0.2) is 6.20 Å². The average Bonchev–Trinajstić information content (AvgIpc) is 2.15. The Morgan fingerprint density at radius 1 is 1.67 bits per heavy atom. The van der Waals surface area contributed by atoms with Crippen molar-refractivity contribution in [2.75, 3.05) is 0 Å². The third kappa shape index (κ3) is 1.80. The molecule has 0 fully saturated rings. The van der Waals surface area contributed by atoms with Crippen LogP contribution in [0.4, 0.5) is 0 Å². The first-order valence-corrected chi connectivity index (χ1v) is 3.62. The molecule has 1 heterocycles. The van der Waals surface area contributed by atoms with E-state index in [1.165, 1.54) is 6.20 Å². The smallest absolute Gasteiger partial charge is 0.145 e. The summed E-state index contributed by atoms with van der Waals surface area (Å²) in [5.74, 6) is -0.0359. The van der Waals surface area contributed by atoms with Gasteiger partial charge in [-0.2, -0.15) is 15.4 Å². The Bertz CT molecular complexity index is 232. The van der Waals surface area contributed by atoms with Crippen LogP contribution in [-0.4, -0.2) is 23.8 Å². The SMILES string of the molecule is O=[SH](=O)Cc1cn[nH]n1. The molecule has 0 bridgehead atoms. The summed E-state index contributed by atoms with van der Waals surface area (Å²) in [5.41, 5.74) is 0.450. The first kappa shape index (κ1) is 6.21. The van der Waals surface area contributed by atoms with Gasteiger partial charge in [-0.3, -0.25) is 0 Å². The summed E-state index contributed by atoms with van der Waals surface area (Å²) in [5, 5.41) is 9.28. The molecule has 1 aromatic rings. The van der Waals surface area contributed by atoms with Crippen LogP contribution in [0.1, 0.15) is 5.69 Å². The zero-order valence-electron chi connectivity index (χ0n) is 4.44. The van der Waals surface area contributed by atoms with Gasteiger partial charge in [-0.25, -0.2) is 8.42 Å². The summed E-state index contributed by atoms with van der Waals surface area (Å²) in [4.78, 5) is 0. The first-order chi connectivity index (χ1) is 4.29. The van der Waals surface area contributed by atoms with Crippen LogP contribution in [0.2, 0.25) is 0 Å². The molecule has 1 rings (SSSR count). The Morgan fingerprint density at radius 2 is 2.44 bits per heavy atom. The van der Waals surface area contributed by atoms with Gasteiger partial charge in [0.1, 0.15) is 10.7 Å². The molecule has 0 aliphatic heterocycles. The van der Waals surface area contributed by atoms with Gasteiger partial charge in [0, 0.05) is 0 Å². The van der Waals surface area contributed by atoms with Crippen LogP contribution < -0.4 is 0 Å². The highest BCUT2D eigenvalue weighted by Crippen LogP contribution is 1.88. The molecule has 0 unspecified atom stereocenters. The minimum atomic E-state index is -2.37. The van der Waals surface area contributed by atoms with Crippen molar-refractivity contribution in [3.8, 4) is 0 Å². The molecular weight excluding hydrogens is 142 g/mol. The molecule has 0 atom stereocenters. The number of nitrogens with zero attached hydrogens (tertiary/aromatic N) is 2. The lowest BCUT2D eigenvalue weighted by molar-refractivity contribution is 0.613. The fourth-order valence-corrected chi connectivity index (χ4v) is 0.851. The Balaban J connectivity index is 2.68. The lowest BCUT2D eigenvalue weighted by atomic mass is 10.6. The van der Waals surface area contributed by atoms with Gasteiger partial charge >= 0.3 is 0 Å². The van der Waals surface area contributed by atoms with Crippen molar-refractivity contribution < 1.29 is 8.42 Å². The van der Waals surface area contributed by atoms with Crippen molar-refractivity contribution in [3.05, 3.63) is 11.9 Å². The van der Waals surface area contributed by atoms with E-state index in [1.54, 1.807) is 0 Å². The minimum absolute atomic E-state index is 0.0359. The highest BCUT2D eigenvalue weighted by Gasteiger charge is 1.94. The maximum absolute atomic E-state index is 10.0. The minimum Gasteiger partial charge on any atom is -0.231 e. The van der Waals surface area contributed by atoms with Crippen LogP contribution in [-0.2, 0) is 16.5 Å². The Labute approximate surface area is 53.0 Å². The Kier molecular flexibility index (Phi) is 1.78. The van der Waals surface area contributed by atoms with Crippen molar-refractivity contribution in [2.24, 2.45) is 0 Å². The van der Waals surface area contributed by atoms with Gasteiger partial charge in [0.2, 0.25) is 0 Å². The summed E-state index contributed by atoms with van der Waals surface area (Å²) in [6, 6.07) is 0. The van der Waals surface area contributed by atoms with Gasteiger partial charge in [0.25, 0.3) is 0 Å². The maximum Gasteiger partial charge on any atom is 0.145 e. The number of aromatic amines is 1. The van der Waals surface area contributed by atoms with E-state index in [0.717, 1.165) is 0 Å². The second-order valence-electron chi connectivity index (χ2n) is 1.45. The van der Waals surface area contributed by atoms with E-state index in [4.69, 9.17) is 0 Å². The van der Waals surface area contributed by atoms with Crippen LogP contribution in [0.5, 0.6) is 0 Å². The third-order valence-corrected chi connectivity index (χ3v) is 1.34. The van der Waals surface area contributed by atoms with Crippen molar-refractivity contribution >= 4 is 10.7 Å². The molecule has 0 aromatic carbocycles. The lowest BCUT2D eigenvalue weighted by Gasteiger charge is -1.77. The molecule has 1 N–H and O–H groups in total. The summed E-state index contributed by atoms with van der Waals surface area (Å²) >= 11 is 0. The average molecular weight is 147 g/mol. The van der Waals surface area contributed by atoms with Crippen LogP contribution >= 0.6 is 0 Å². The standard InChI is InChI=1S/C3H5N3O2S/c7-9(8)2-3-1-4-6-5-3/h1,9H,2H2,(H,4,5,6). The number of nitrogens with one attached hydrogen (secondary N) is 1. The summed E-state index contributed by atoms with van der Waals surface area (Å²) in [6.07, 6.45) is 1.38. The molecule has 1 aromatic heterocycles. The Morgan fingerprint density at radius 3 is 2.89 bits per heavy atom. The fraction of sp³-hybridized carbons (Fsp3) is 0.333. The van der Waals surface area contributed by atoms with E-state index in [9.17, 15) is 8.42 Å². The normalized spacial score (nSPS) is 10.3. The molecule has 5 nitrogen and oxygen atoms in total. The fourth-order valence-electron chi connectivity index (χ4n) is 0.434. The quantitative estimate of drug-likeness (QED) is 0.521. The van der Waals surface area contributed by atoms with Gasteiger partial charge in [-0.1, -0.05) is 0 Å². The molecule has 0 aliphatic rings. The number of aromatic nitrogens is 3. The highest BCUT2D eigenvalue weighted by atomic mass is 32.2. The lowest BCUT2D eigenvalue weighted by Crippen LogP contribution is -1.85. The van der Waals surface area contributed by atoms with Gasteiger partial charge < -0.3 is 0 Å². The summed E-state index contributed by atoms with van der Waals surface area (Å²) in [7, 11) is -2.37. The summed E-state index contributed by atoms with van der Waals surface area (Å²) in [6.45, 7) is 0. The van der Waals surface area contributed by atoms with E-state index >= 15 is 0 Å². The molecule has 6 heteroatoms. The largest absolute Gasteiger partial charge is 0.231 e. The molecule has 0 saturated heterocycles. The molecule has 9 heavy (non-hydrogen) atoms. The molecular formula is C3H5N3O2S.